The molecule has 1 aromatic carbocycles. The van der Waals surface area contributed by atoms with Gasteiger partial charge in [0, 0.05) is 5.39 Å². The fraction of sp³-hybridized carbons (Fsp3) is 0.182. The molecule has 0 aliphatic carbocycles. The Balaban J connectivity index is 2.73. The molecule has 0 radical (unpaired) electrons. The first-order valence-corrected chi connectivity index (χ1v) is 5.35. The topological polar surface area (TPSA) is 22.1 Å². The lowest BCUT2D eigenvalue weighted by atomic mass is 10.2. The molecule has 0 atom stereocenters. The summed E-state index contributed by atoms with van der Waals surface area (Å²) in [6, 6.07) is 7.25. The van der Waals surface area contributed by atoms with Crippen molar-refractivity contribution in [1.29, 1.82) is 0 Å². The number of rotatable bonds is 2. The minimum absolute atomic E-state index is 0.375. The molecule has 0 bridgehead atoms. The van der Waals surface area contributed by atoms with Crippen LogP contribution in [0.2, 0.25) is 10.2 Å². The van der Waals surface area contributed by atoms with Crippen molar-refractivity contribution in [3.8, 4) is 5.75 Å². The molecule has 0 saturated carbocycles. The van der Waals surface area contributed by atoms with E-state index in [1.807, 2.05) is 25.1 Å². The second-order valence-electron chi connectivity index (χ2n) is 3.01. The third kappa shape index (κ3) is 2.01. The van der Waals surface area contributed by atoms with Crippen LogP contribution in [-0.4, -0.2) is 11.6 Å². The van der Waals surface area contributed by atoms with E-state index in [1.54, 1.807) is 6.07 Å². The maximum Gasteiger partial charge on any atom is 0.145 e. The average molecular weight is 242 g/mol. The summed E-state index contributed by atoms with van der Waals surface area (Å²) in [6.07, 6.45) is 0. The van der Waals surface area contributed by atoms with Gasteiger partial charge < -0.3 is 4.74 Å². The van der Waals surface area contributed by atoms with Gasteiger partial charge in [-0.25, -0.2) is 4.98 Å². The number of para-hydroxylation sites is 1. The highest BCUT2D eigenvalue weighted by Crippen LogP contribution is 2.30. The van der Waals surface area contributed by atoms with Crippen molar-refractivity contribution in [2.24, 2.45) is 0 Å². The number of aromatic nitrogens is 1. The van der Waals surface area contributed by atoms with E-state index >= 15 is 0 Å². The normalized spacial score (nSPS) is 10.6. The minimum Gasteiger partial charge on any atom is -0.492 e. The van der Waals surface area contributed by atoms with Crippen LogP contribution in [0.5, 0.6) is 5.75 Å². The number of nitrogens with zero attached hydrogens (tertiary/aromatic N) is 1. The smallest absolute Gasteiger partial charge is 0.145 e. The van der Waals surface area contributed by atoms with E-state index in [0.29, 0.717) is 28.0 Å². The van der Waals surface area contributed by atoms with Crippen molar-refractivity contribution in [2.45, 2.75) is 6.92 Å². The highest BCUT2D eigenvalue weighted by molar-refractivity contribution is 6.37. The van der Waals surface area contributed by atoms with Gasteiger partial charge in [0.25, 0.3) is 0 Å². The number of hydrogen-bond donors (Lipinski definition) is 0. The predicted molar refractivity (Wildman–Crippen MR) is 62.9 cm³/mol. The van der Waals surface area contributed by atoms with Crippen LogP contribution in [0.4, 0.5) is 0 Å². The standard InChI is InChI=1S/C11H9Cl2NO/c1-2-15-9-5-3-4-7-8(12)6-10(13)14-11(7)9/h3-6H,2H2,1H3. The summed E-state index contributed by atoms with van der Waals surface area (Å²) in [7, 11) is 0. The van der Waals surface area contributed by atoms with Gasteiger partial charge in [-0.3, -0.25) is 0 Å². The Bertz CT molecular complexity index is 499. The van der Waals surface area contributed by atoms with E-state index in [1.165, 1.54) is 0 Å². The van der Waals surface area contributed by atoms with Crippen molar-refractivity contribution >= 4 is 34.1 Å². The lowest BCUT2D eigenvalue weighted by molar-refractivity contribution is 0.343. The maximum atomic E-state index is 6.05. The summed E-state index contributed by atoms with van der Waals surface area (Å²) >= 11 is 11.9. The molecule has 1 aromatic heterocycles. The Morgan fingerprint density at radius 3 is 2.87 bits per heavy atom. The molecule has 2 rings (SSSR count). The zero-order valence-corrected chi connectivity index (χ0v) is 9.64. The molecule has 0 saturated heterocycles. The fourth-order valence-electron chi connectivity index (χ4n) is 1.42. The van der Waals surface area contributed by atoms with E-state index in [9.17, 15) is 0 Å². The van der Waals surface area contributed by atoms with Gasteiger partial charge >= 0.3 is 0 Å². The Hall–Kier alpha value is -0.990. The molecule has 0 N–H and O–H groups in total. The average Bonchev–Trinajstić information content (AvgIpc) is 2.19. The molecule has 0 unspecified atom stereocenters. The Kier molecular flexibility index (Phi) is 2.98. The van der Waals surface area contributed by atoms with Crippen LogP contribution >= 0.6 is 23.2 Å². The van der Waals surface area contributed by atoms with Crippen molar-refractivity contribution in [1.82, 2.24) is 4.98 Å². The maximum absolute atomic E-state index is 6.05. The van der Waals surface area contributed by atoms with E-state index in [0.717, 1.165) is 5.39 Å². The first-order valence-electron chi connectivity index (χ1n) is 4.60. The molecule has 0 aliphatic heterocycles. The van der Waals surface area contributed by atoms with Gasteiger partial charge in [0.2, 0.25) is 0 Å². The fourth-order valence-corrected chi connectivity index (χ4v) is 1.93. The lowest BCUT2D eigenvalue weighted by Crippen LogP contribution is -1.94. The molecule has 0 fully saturated rings. The van der Waals surface area contributed by atoms with Crippen LogP contribution in [0, 0.1) is 0 Å². The zero-order valence-electron chi connectivity index (χ0n) is 8.13. The van der Waals surface area contributed by atoms with Crippen LogP contribution in [-0.2, 0) is 0 Å². The van der Waals surface area contributed by atoms with Crippen molar-refractivity contribution < 1.29 is 4.74 Å². The molecule has 0 spiro atoms. The molecule has 1 heterocycles. The highest BCUT2D eigenvalue weighted by Gasteiger charge is 2.07. The van der Waals surface area contributed by atoms with E-state index in [2.05, 4.69) is 4.98 Å². The van der Waals surface area contributed by atoms with Gasteiger partial charge in [-0.05, 0) is 19.1 Å². The molecule has 0 amide bonds. The minimum atomic E-state index is 0.375. The van der Waals surface area contributed by atoms with Gasteiger partial charge in [0.15, 0.2) is 0 Å². The molecule has 15 heavy (non-hydrogen) atoms. The molecule has 2 aromatic rings. The molecular formula is C11H9Cl2NO. The van der Waals surface area contributed by atoms with Gasteiger partial charge in [-0.2, -0.15) is 0 Å². The summed E-state index contributed by atoms with van der Waals surface area (Å²) in [5.74, 6) is 0.708. The third-order valence-electron chi connectivity index (χ3n) is 2.02. The van der Waals surface area contributed by atoms with Crippen molar-refractivity contribution in [3.05, 3.63) is 34.4 Å². The van der Waals surface area contributed by atoms with Crippen LogP contribution in [0.1, 0.15) is 6.92 Å². The van der Waals surface area contributed by atoms with Gasteiger partial charge in [-0.1, -0.05) is 35.3 Å². The Morgan fingerprint density at radius 1 is 1.33 bits per heavy atom. The summed E-state index contributed by atoms with van der Waals surface area (Å²) in [6.45, 7) is 2.51. The van der Waals surface area contributed by atoms with Crippen molar-refractivity contribution in [3.63, 3.8) is 0 Å². The van der Waals surface area contributed by atoms with Crippen LogP contribution in [0.25, 0.3) is 10.9 Å². The van der Waals surface area contributed by atoms with Gasteiger partial charge in [0.05, 0.1) is 11.6 Å². The SMILES string of the molecule is CCOc1cccc2c(Cl)cc(Cl)nc12. The molecular weight excluding hydrogens is 233 g/mol. The van der Waals surface area contributed by atoms with Gasteiger partial charge in [-0.15, -0.1) is 0 Å². The molecule has 2 nitrogen and oxygen atoms in total. The predicted octanol–water partition coefficient (Wildman–Crippen LogP) is 3.94. The number of pyridine rings is 1. The quantitative estimate of drug-likeness (QED) is 0.744. The van der Waals surface area contributed by atoms with E-state index in [4.69, 9.17) is 27.9 Å². The highest BCUT2D eigenvalue weighted by atomic mass is 35.5. The third-order valence-corrected chi connectivity index (χ3v) is 2.53. The van der Waals surface area contributed by atoms with E-state index in [-0.39, 0.29) is 0 Å². The van der Waals surface area contributed by atoms with Crippen molar-refractivity contribution in [2.75, 3.05) is 6.61 Å². The zero-order chi connectivity index (χ0) is 10.8. The molecule has 78 valence electrons. The first-order chi connectivity index (χ1) is 7.22. The molecule has 0 aliphatic rings. The van der Waals surface area contributed by atoms with Gasteiger partial charge in [0.1, 0.15) is 16.4 Å². The molecule has 4 heteroatoms. The summed E-state index contributed by atoms with van der Waals surface area (Å²) in [4.78, 5) is 4.21. The number of hydrogen-bond acceptors (Lipinski definition) is 2. The number of fused-ring (bicyclic) bond motifs is 1. The van der Waals surface area contributed by atoms with Crippen LogP contribution in [0.3, 0.4) is 0 Å². The number of halogens is 2. The van der Waals surface area contributed by atoms with E-state index < -0.39 is 0 Å². The Morgan fingerprint density at radius 2 is 2.13 bits per heavy atom. The lowest BCUT2D eigenvalue weighted by Gasteiger charge is -2.07. The van der Waals surface area contributed by atoms with Crippen LogP contribution < -0.4 is 4.74 Å². The monoisotopic (exact) mass is 241 g/mol. The number of benzene rings is 1. The van der Waals surface area contributed by atoms with Crippen LogP contribution in [0.15, 0.2) is 24.3 Å². The summed E-state index contributed by atoms with van der Waals surface area (Å²) < 4.78 is 5.45. The Labute approximate surface area is 97.8 Å². The number of ether oxygens (including phenoxy) is 1. The largest absolute Gasteiger partial charge is 0.492 e. The summed E-state index contributed by atoms with van der Waals surface area (Å²) in [5.41, 5.74) is 0.705. The summed E-state index contributed by atoms with van der Waals surface area (Å²) in [5, 5.41) is 1.82. The second kappa shape index (κ2) is 4.25. The second-order valence-corrected chi connectivity index (χ2v) is 3.81. The first kappa shape index (κ1) is 10.5.